The molecule has 0 fully saturated rings. The van der Waals surface area contributed by atoms with Gasteiger partial charge in [0.1, 0.15) is 0 Å². The van der Waals surface area contributed by atoms with E-state index in [1.54, 1.807) is 0 Å². The van der Waals surface area contributed by atoms with Gasteiger partial charge in [0.25, 0.3) is 0 Å². The molecule has 0 amide bonds. The zero-order chi connectivity index (χ0) is 29.0. The average Bonchev–Trinajstić information content (AvgIpc) is 3.09. The Morgan fingerprint density at radius 1 is 0.302 bits per heavy atom. The summed E-state index contributed by atoms with van der Waals surface area (Å²) in [6.45, 7) is 2.11. The number of aromatic nitrogens is 2. The highest BCUT2D eigenvalue weighted by atomic mass is 14.9. The van der Waals surface area contributed by atoms with Gasteiger partial charge in [-0.3, -0.25) is 0 Å². The lowest BCUT2D eigenvalue weighted by Gasteiger charge is -2.11. The lowest BCUT2D eigenvalue weighted by molar-refractivity contribution is 1.18. The van der Waals surface area contributed by atoms with Gasteiger partial charge in [-0.05, 0) is 46.4 Å². The van der Waals surface area contributed by atoms with Crippen LogP contribution in [0, 0.1) is 6.92 Å². The van der Waals surface area contributed by atoms with Crippen molar-refractivity contribution in [1.29, 1.82) is 0 Å². The van der Waals surface area contributed by atoms with E-state index < -0.39 is 0 Å². The molecule has 1 aromatic heterocycles. The Morgan fingerprint density at radius 3 is 1.00 bits per heavy atom. The Labute approximate surface area is 253 Å². The van der Waals surface area contributed by atoms with Gasteiger partial charge in [-0.1, -0.05) is 163 Å². The number of benzene rings is 6. The number of nitrogens with zero attached hydrogens (tertiary/aromatic N) is 2. The molecule has 0 aliphatic rings. The predicted octanol–water partition coefficient (Wildman–Crippen LogP) is 10.8. The highest BCUT2D eigenvalue weighted by Gasteiger charge is 2.12. The van der Waals surface area contributed by atoms with Crippen molar-refractivity contribution >= 4 is 0 Å². The fraction of sp³-hybridized carbons (Fsp3) is 0.0244. The summed E-state index contributed by atoms with van der Waals surface area (Å²) >= 11 is 0. The Bertz CT molecular complexity index is 1860. The first-order valence-electron chi connectivity index (χ1n) is 14.6. The second-order valence-electron chi connectivity index (χ2n) is 10.8. The molecule has 0 spiro atoms. The maximum absolute atomic E-state index is 5.07. The summed E-state index contributed by atoms with van der Waals surface area (Å²) in [5.74, 6) is 0.710. The first-order chi connectivity index (χ1) is 21.2. The van der Waals surface area contributed by atoms with E-state index in [2.05, 4.69) is 159 Å². The first kappa shape index (κ1) is 26.3. The molecular formula is C41H30N2. The van der Waals surface area contributed by atoms with Crippen LogP contribution in [0.25, 0.3) is 67.3 Å². The minimum absolute atomic E-state index is 0.710. The molecule has 43 heavy (non-hydrogen) atoms. The van der Waals surface area contributed by atoms with Crippen LogP contribution in [0.15, 0.2) is 164 Å². The predicted molar refractivity (Wildman–Crippen MR) is 179 cm³/mol. The Kier molecular flexibility index (Phi) is 7.17. The van der Waals surface area contributed by atoms with Crippen molar-refractivity contribution in [2.24, 2.45) is 0 Å². The molecule has 0 N–H and O–H groups in total. The SMILES string of the molecule is Cc1ccc(-c2ccc(-c3nc(-c4ccc(-c5ccccc5)cc4)cc(-c4ccc(-c5ccccc5)cc4)n3)cc2)cc1. The van der Waals surface area contributed by atoms with E-state index in [0.717, 1.165) is 28.1 Å². The third kappa shape index (κ3) is 5.77. The van der Waals surface area contributed by atoms with Crippen LogP contribution in [0.3, 0.4) is 0 Å². The third-order valence-corrected chi connectivity index (χ3v) is 7.83. The van der Waals surface area contributed by atoms with Gasteiger partial charge >= 0.3 is 0 Å². The molecule has 7 aromatic rings. The Balaban J connectivity index is 1.28. The smallest absolute Gasteiger partial charge is 0.160 e. The Hall–Kier alpha value is -5.60. The zero-order valence-corrected chi connectivity index (χ0v) is 24.0. The van der Waals surface area contributed by atoms with E-state index in [0.29, 0.717) is 5.82 Å². The summed E-state index contributed by atoms with van der Waals surface area (Å²) < 4.78 is 0. The summed E-state index contributed by atoms with van der Waals surface area (Å²) in [7, 11) is 0. The lowest BCUT2D eigenvalue weighted by atomic mass is 10.00. The first-order valence-corrected chi connectivity index (χ1v) is 14.6. The van der Waals surface area contributed by atoms with Gasteiger partial charge in [-0.25, -0.2) is 9.97 Å². The number of hydrogen-bond acceptors (Lipinski definition) is 2. The summed E-state index contributed by atoms with van der Waals surface area (Å²) in [4.78, 5) is 10.1. The molecule has 6 aromatic carbocycles. The van der Waals surface area contributed by atoms with Gasteiger partial charge in [0.15, 0.2) is 5.82 Å². The van der Waals surface area contributed by atoms with Crippen LogP contribution in [-0.2, 0) is 0 Å². The second-order valence-corrected chi connectivity index (χ2v) is 10.8. The Morgan fingerprint density at radius 2 is 0.605 bits per heavy atom. The normalized spacial score (nSPS) is 10.9. The van der Waals surface area contributed by atoms with Gasteiger partial charge in [0.05, 0.1) is 11.4 Å². The molecule has 204 valence electrons. The molecule has 0 aliphatic heterocycles. The van der Waals surface area contributed by atoms with E-state index in [-0.39, 0.29) is 0 Å². The molecule has 0 radical (unpaired) electrons. The standard InChI is InChI=1S/C41H30N2/c1-29-12-14-32(15-13-29)35-20-26-38(27-21-35)41-42-39(36-22-16-33(17-23-36)30-8-4-2-5-9-30)28-40(43-41)37-24-18-34(19-25-37)31-10-6-3-7-11-31/h2-28H,1H3. The highest BCUT2D eigenvalue weighted by Crippen LogP contribution is 2.31. The minimum atomic E-state index is 0.710. The topological polar surface area (TPSA) is 25.8 Å². The van der Waals surface area contributed by atoms with Crippen LogP contribution in [0.2, 0.25) is 0 Å². The summed E-state index contributed by atoms with van der Waals surface area (Å²) in [6.07, 6.45) is 0. The van der Waals surface area contributed by atoms with E-state index >= 15 is 0 Å². The van der Waals surface area contributed by atoms with Crippen LogP contribution >= 0.6 is 0 Å². The van der Waals surface area contributed by atoms with Gasteiger partial charge in [-0.15, -0.1) is 0 Å². The molecule has 0 unspecified atom stereocenters. The molecule has 1 heterocycles. The molecule has 0 saturated carbocycles. The molecule has 2 heteroatoms. The van der Waals surface area contributed by atoms with Crippen LogP contribution < -0.4 is 0 Å². The van der Waals surface area contributed by atoms with Gasteiger partial charge in [0.2, 0.25) is 0 Å². The third-order valence-electron chi connectivity index (χ3n) is 7.83. The van der Waals surface area contributed by atoms with E-state index in [9.17, 15) is 0 Å². The fourth-order valence-electron chi connectivity index (χ4n) is 5.36. The second kappa shape index (κ2) is 11.7. The quantitative estimate of drug-likeness (QED) is 0.206. The van der Waals surface area contributed by atoms with Crippen molar-refractivity contribution in [3.05, 3.63) is 169 Å². The largest absolute Gasteiger partial charge is 0.228 e. The maximum atomic E-state index is 5.07. The van der Waals surface area contributed by atoms with Crippen LogP contribution in [0.5, 0.6) is 0 Å². The molecule has 0 atom stereocenters. The summed E-state index contributed by atoms with van der Waals surface area (Å²) in [5.41, 5.74) is 13.3. The van der Waals surface area contributed by atoms with Crippen molar-refractivity contribution in [2.45, 2.75) is 6.92 Å². The maximum Gasteiger partial charge on any atom is 0.160 e. The zero-order valence-electron chi connectivity index (χ0n) is 24.0. The summed E-state index contributed by atoms with van der Waals surface area (Å²) in [6, 6.07) is 57.4. The van der Waals surface area contributed by atoms with Crippen LogP contribution in [-0.4, -0.2) is 9.97 Å². The van der Waals surface area contributed by atoms with Crippen LogP contribution in [0.1, 0.15) is 5.56 Å². The molecule has 0 aliphatic carbocycles. The lowest BCUT2D eigenvalue weighted by Crippen LogP contribution is -1.96. The molecule has 2 nitrogen and oxygen atoms in total. The van der Waals surface area contributed by atoms with Crippen molar-refractivity contribution in [2.75, 3.05) is 0 Å². The van der Waals surface area contributed by atoms with Gasteiger partial charge in [0, 0.05) is 16.7 Å². The van der Waals surface area contributed by atoms with Crippen molar-refractivity contribution in [3.8, 4) is 67.3 Å². The number of rotatable bonds is 6. The molecule has 7 rings (SSSR count). The van der Waals surface area contributed by atoms with Crippen molar-refractivity contribution in [3.63, 3.8) is 0 Å². The van der Waals surface area contributed by atoms with E-state index in [1.807, 2.05) is 12.1 Å². The monoisotopic (exact) mass is 550 g/mol. The summed E-state index contributed by atoms with van der Waals surface area (Å²) in [5, 5.41) is 0. The minimum Gasteiger partial charge on any atom is -0.228 e. The number of hydrogen-bond donors (Lipinski definition) is 0. The van der Waals surface area contributed by atoms with E-state index in [1.165, 1.54) is 38.9 Å². The van der Waals surface area contributed by atoms with Crippen molar-refractivity contribution in [1.82, 2.24) is 9.97 Å². The van der Waals surface area contributed by atoms with Crippen LogP contribution in [0.4, 0.5) is 0 Å². The van der Waals surface area contributed by atoms with Gasteiger partial charge < -0.3 is 0 Å². The molecule has 0 bridgehead atoms. The fourth-order valence-corrected chi connectivity index (χ4v) is 5.36. The highest BCUT2D eigenvalue weighted by molar-refractivity contribution is 5.76. The van der Waals surface area contributed by atoms with Gasteiger partial charge in [-0.2, -0.15) is 0 Å². The van der Waals surface area contributed by atoms with Crippen molar-refractivity contribution < 1.29 is 0 Å². The number of aryl methyl sites for hydroxylation is 1. The van der Waals surface area contributed by atoms with E-state index in [4.69, 9.17) is 9.97 Å². The molecule has 0 saturated heterocycles. The molecular weight excluding hydrogens is 520 g/mol. The average molecular weight is 551 g/mol.